The van der Waals surface area contributed by atoms with Gasteiger partial charge in [-0.05, 0) is 72.0 Å². The smallest absolute Gasteiger partial charge is 0.165 e. The number of halogens is 3. The van der Waals surface area contributed by atoms with E-state index in [2.05, 4.69) is 0 Å². The molecule has 0 spiro atoms. The third-order valence-corrected chi connectivity index (χ3v) is 4.94. The molecular weight excluding hydrogens is 414 g/mol. The SMILES string of the molecule is Cc1cc(-c2ccc(O)cc2)c(C)c(O)c1-c1ccc(OCC=C(Cl)Cl)c(F)c1. The number of aryl methyl sites for hydroxylation is 1. The average molecular weight is 433 g/mol. The van der Waals surface area contributed by atoms with Crippen molar-refractivity contribution < 1.29 is 19.3 Å². The lowest BCUT2D eigenvalue weighted by molar-refractivity contribution is 0.341. The van der Waals surface area contributed by atoms with E-state index in [4.69, 9.17) is 27.9 Å². The zero-order valence-corrected chi connectivity index (χ0v) is 17.4. The maximum atomic E-state index is 14.5. The van der Waals surface area contributed by atoms with Crippen molar-refractivity contribution >= 4 is 23.2 Å². The van der Waals surface area contributed by atoms with E-state index in [0.717, 1.165) is 16.7 Å². The monoisotopic (exact) mass is 432 g/mol. The van der Waals surface area contributed by atoms with Gasteiger partial charge in [-0.15, -0.1) is 0 Å². The molecule has 0 saturated heterocycles. The van der Waals surface area contributed by atoms with E-state index in [-0.39, 0.29) is 28.3 Å². The van der Waals surface area contributed by atoms with Crippen LogP contribution in [0.5, 0.6) is 17.2 Å². The van der Waals surface area contributed by atoms with Crippen LogP contribution in [0.1, 0.15) is 11.1 Å². The summed E-state index contributed by atoms with van der Waals surface area (Å²) in [7, 11) is 0. The molecule has 6 heteroatoms. The van der Waals surface area contributed by atoms with Gasteiger partial charge in [-0.25, -0.2) is 4.39 Å². The lowest BCUT2D eigenvalue weighted by atomic mass is 9.90. The van der Waals surface area contributed by atoms with Gasteiger partial charge in [-0.3, -0.25) is 0 Å². The van der Waals surface area contributed by atoms with Crippen molar-refractivity contribution in [1.29, 1.82) is 0 Å². The largest absolute Gasteiger partial charge is 0.508 e. The van der Waals surface area contributed by atoms with E-state index < -0.39 is 5.82 Å². The maximum Gasteiger partial charge on any atom is 0.165 e. The van der Waals surface area contributed by atoms with Crippen LogP contribution >= 0.6 is 23.2 Å². The van der Waals surface area contributed by atoms with Crippen LogP contribution in [0.2, 0.25) is 0 Å². The molecule has 3 aromatic carbocycles. The molecule has 2 N–H and O–H groups in total. The Morgan fingerprint density at radius 1 is 1.00 bits per heavy atom. The van der Waals surface area contributed by atoms with E-state index in [0.29, 0.717) is 16.7 Å². The predicted octanol–water partition coefficient (Wildman–Crippen LogP) is 6.89. The third kappa shape index (κ3) is 4.66. The zero-order valence-electron chi connectivity index (χ0n) is 15.8. The minimum Gasteiger partial charge on any atom is -0.508 e. The number of phenols is 2. The molecule has 0 atom stereocenters. The van der Waals surface area contributed by atoms with Crippen LogP contribution in [0, 0.1) is 19.7 Å². The molecule has 0 heterocycles. The first-order chi connectivity index (χ1) is 13.8. The molecule has 3 nitrogen and oxygen atoms in total. The second-order valence-corrected chi connectivity index (χ2v) is 7.59. The van der Waals surface area contributed by atoms with E-state index >= 15 is 0 Å². The number of aromatic hydroxyl groups is 2. The normalized spacial score (nSPS) is 10.7. The third-order valence-electron chi connectivity index (χ3n) is 4.63. The van der Waals surface area contributed by atoms with Crippen molar-refractivity contribution in [2.45, 2.75) is 13.8 Å². The van der Waals surface area contributed by atoms with Crippen molar-refractivity contribution in [3.05, 3.63) is 76.0 Å². The van der Waals surface area contributed by atoms with Gasteiger partial charge in [0.15, 0.2) is 11.6 Å². The summed E-state index contributed by atoms with van der Waals surface area (Å²) in [5.74, 6) is -0.238. The molecule has 0 aliphatic heterocycles. The number of hydrogen-bond acceptors (Lipinski definition) is 3. The average Bonchev–Trinajstić information content (AvgIpc) is 2.67. The zero-order chi connectivity index (χ0) is 21.1. The van der Waals surface area contributed by atoms with Crippen LogP contribution in [0.3, 0.4) is 0 Å². The molecule has 0 saturated carbocycles. The highest BCUT2D eigenvalue weighted by molar-refractivity contribution is 6.55. The van der Waals surface area contributed by atoms with E-state index in [1.165, 1.54) is 18.2 Å². The first kappa shape index (κ1) is 21.0. The van der Waals surface area contributed by atoms with Crippen molar-refractivity contribution in [1.82, 2.24) is 0 Å². The number of ether oxygens (including phenoxy) is 1. The van der Waals surface area contributed by atoms with Crippen molar-refractivity contribution in [3.63, 3.8) is 0 Å². The highest BCUT2D eigenvalue weighted by Crippen LogP contribution is 2.41. The molecule has 0 fully saturated rings. The van der Waals surface area contributed by atoms with Gasteiger partial charge in [0.2, 0.25) is 0 Å². The molecule has 0 amide bonds. The summed E-state index contributed by atoms with van der Waals surface area (Å²) >= 11 is 11.0. The summed E-state index contributed by atoms with van der Waals surface area (Å²) in [6.45, 7) is 3.70. The van der Waals surface area contributed by atoms with Gasteiger partial charge in [0.25, 0.3) is 0 Å². The second kappa shape index (κ2) is 8.76. The molecule has 0 aromatic heterocycles. The lowest BCUT2D eigenvalue weighted by Crippen LogP contribution is -1.97. The number of hydrogen-bond donors (Lipinski definition) is 2. The number of rotatable bonds is 5. The maximum absolute atomic E-state index is 14.5. The minimum atomic E-state index is -0.555. The van der Waals surface area contributed by atoms with Crippen LogP contribution in [0.25, 0.3) is 22.3 Å². The van der Waals surface area contributed by atoms with E-state index in [1.54, 1.807) is 37.3 Å². The highest BCUT2D eigenvalue weighted by Gasteiger charge is 2.17. The molecule has 3 rings (SSSR count). The van der Waals surface area contributed by atoms with Crippen LogP contribution in [0.4, 0.5) is 4.39 Å². The summed E-state index contributed by atoms with van der Waals surface area (Å²) in [5.41, 5.74) is 4.26. The first-order valence-corrected chi connectivity index (χ1v) is 9.60. The molecule has 0 unspecified atom stereocenters. The Kier molecular flexibility index (Phi) is 6.36. The van der Waals surface area contributed by atoms with E-state index in [9.17, 15) is 14.6 Å². The quantitative estimate of drug-likeness (QED) is 0.461. The Bertz CT molecular complexity index is 1070. The first-order valence-electron chi connectivity index (χ1n) is 8.84. The molecule has 0 bridgehead atoms. The van der Waals surface area contributed by atoms with Gasteiger partial charge in [0.1, 0.15) is 22.6 Å². The summed E-state index contributed by atoms with van der Waals surface area (Å²) < 4.78 is 19.8. The fourth-order valence-corrected chi connectivity index (χ4v) is 3.30. The summed E-state index contributed by atoms with van der Waals surface area (Å²) in [6.07, 6.45) is 1.41. The molecule has 0 radical (unpaired) electrons. The van der Waals surface area contributed by atoms with Gasteiger partial charge < -0.3 is 14.9 Å². The Labute approximate surface area is 178 Å². The predicted molar refractivity (Wildman–Crippen MR) is 115 cm³/mol. The molecule has 0 aliphatic rings. The summed E-state index contributed by atoms with van der Waals surface area (Å²) in [4.78, 5) is 0. The Hall–Kier alpha value is -2.69. The fourth-order valence-electron chi connectivity index (χ4n) is 3.17. The minimum absolute atomic E-state index is 0.0450. The Balaban J connectivity index is 1.99. The summed E-state index contributed by atoms with van der Waals surface area (Å²) in [5, 5.41) is 20.3. The summed E-state index contributed by atoms with van der Waals surface area (Å²) in [6, 6.07) is 13.2. The Morgan fingerprint density at radius 2 is 1.66 bits per heavy atom. The topological polar surface area (TPSA) is 49.7 Å². The Morgan fingerprint density at radius 3 is 2.28 bits per heavy atom. The number of benzene rings is 3. The van der Waals surface area contributed by atoms with Gasteiger partial charge >= 0.3 is 0 Å². The molecule has 150 valence electrons. The van der Waals surface area contributed by atoms with Crippen LogP contribution in [-0.4, -0.2) is 16.8 Å². The van der Waals surface area contributed by atoms with Crippen LogP contribution < -0.4 is 4.74 Å². The molecule has 29 heavy (non-hydrogen) atoms. The van der Waals surface area contributed by atoms with Gasteiger partial charge in [-0.1, -0.05) is 47.5 Å². The lowest BCUT2D eigenvalue weighted by Gasteiger charge is -2.16. The van der Waals surface area contributed by atoms with Gasteiger partial charge in [0.05, 0.1) is 0 Å². The van der Waals surface area contributed by atoms with Crippen molar-refractivity contribution in [3.8, 4) is 39.5 Å². The van der Waals surface area contributed by atoms with Gasteiger partial charge in [-0.2, -0.15) is 0 Å². The van der Waals surface area contributed by atoms with Gasteiger partial charge in [0, 0.05) is 5.56 Å². The van der Waals surface area contributed by atoms with Crippen LogP contribution in [-0.2, 0) is 0 Å². The molecule has 0 aliphatic carbocycles. The van der Waals surface area contributed by atoms with Crippen LogP contribution in [0.15, 0.2) is 59.1 Å². The number of phenolic OH excluding ortho intramolecular Hbond substituents is 2. The molecular formula is C23H19Cl2FO3. The second-order valence-electron chi connectivity index (χ2n) is 6.59. The fraction of sp³-hybridized carbons (Fsp3) is 0.130. The van der Waals surface area contributed by atoms with E-state index in [1.807, 2.05) is 13.0 Å². The van der Waals surface area contributed by atoms with Crippen molar-refractivity contribution in [2.75, 3.05) is 6.61 Å². The molecule has 3 aromatic rings. The highest BCUT2D eigenvalue weighted by atomic mass is 35.5. The standard InChI is InChI=1S/C23H19Cl2FO3/c1-13-11-18(15-3-6-17(27)7-4-15)14(2)23(28)22(13)16-5-8-20(19(26)12-16)29-10-9-21(24)25/h3-9,11-12,27-28H,10H2,1-2H3. The van der Waals surface area contributed by atoms with Crippen molar-refractivity contribution in [2.24, 2.45) is 0 Å².